The van der Waals surface area contributed by atoms with Crippen LogP contribution in [0.1, 0.15) is 43.0 Å². The Morgan fingerprint density at radius 2 is 1.83 bits per heavy atom. The number of rotatable bonds is 5. The molecule has 0 aliphatic carbocycles. The zero-order valence-electron chi connectivity index (χ0n) is 17.5. The smallest absolute Gasteiger partial charge is 0.295 e. The average Bonchev–Trinajstić information content (AvgIpc) is 3.17. The molecular weight excluding hydrogens is 382 g/mol. The molecule has 2 amide bonds. The van der Waals surface area contributed by atoms with E-state index in [1.54, 1.807) is 20.6 Å². The molecule has 4 rings (SSSR count). The number of hydrogen-bond acceptors (Lipinski definition) is 4. The van der Waals surface area contributed by atoms with E-state index in [4.69, 9.17) is 4.74 Å². The van der Waals surface area contributed by atoms with Crippen molar-refractivity contribution in [1.29, 1.82) is 0 Å². The van der Waals surface area contributed by atoms with Gasteiger partial charge in [0.15, 0.2) is 0 Å². The number of ether oxygens (including phenoxy) is 1. The molecule has 30 heavy (non-hydrogen) atoms. The number of likely N-dealkylation sites (tertiary alicyclic amines) is 1. The molecule has 0 radical (unpaired) electrons. The van der Waals surface area contributed by atoms with Crippen molar-refractivity contribution in [2.45, 2.75) is 45.2 Å². The van der Waals surface area contributed by atoms with Crippen LogP contribution in [0.5, 0.6) is 0 Å². The van der Waals surface area contributed by atoms with Crippen molar-refractivity contribution in [1.82, 2.24) is 14.4 Å². The molecule has 160 valence electrons. The number of ketones is 1. The number of nitrogens with zero attached hydrogens (tertiary/aromatic N) is 3. The van der Waals surface area contributed by atoms with Crippen LogP contribution in [-0.4, -0.2) is 70.9 Å². The molecule has 3 heterocycles. The van der Waals surface area contributed by atoms with E-state index in [0.717, 1.165) is 36.6 Å². The van der Waals surface area contributed by atoms with Gasteiger partial charge in [-0.3, -0.25) is 14.4 Å². The van der Waals surface area contributed by atoms with E-state index in [2.05, 4.69) is 6.92 Å². The maximum absolute atomic E-state index is 13.2. The number of carbonyl (C=O) groups excluding carboxylic acids is 3. The van der Waals surface area contributed by atoms with Crippen LogP contribution in [0.15, 0.2) is 30.5 Å². The Kier molecular flexibility index (Phi) is 6.18. The summed E-state index contributed by atoms with van der Waals surface area (Å²) >= 11 is 0. The maximum atomic E-state index is 13.2. The first kappa shape index (κ1) is 20.6. The quantitative estimate of drug-likeness (QED) is 0.560. The Morgan fingerprint density at radius 1 is 1.07 bits per heavy atom. The number of aromatic nitrogens is 1. The molecule has 2 aromatic rings. The lowest BCUT2D eigenvalue weighted by Gasteiger charge is -2.34. The van der Waals surface area contributed by atoms with Gasteiger partial charge in [-0.2, -0.15) is 0 Å². The fourth-order valence-corrected chi connectivity index (χ4v) is 4.56. The predicted molar refractivity (Wildman–Crippen MR) is 113 cm³/mol. The molecule has 1 unspecified atom stereocenters. The van der Waals surface area contributed by atoms with Crippen LogP contribution in [0.4, 0.5) is 0 Å². The van der Waals surface area contributed by atoms with Crippen LogP contribution >= 0.6 is 0 Å². The molecule has 2 aliphatic rings. The first-order chi connectivity index (χ1) is 14.6. The molecular formula is C23H29N3O4. The molecule has 0 saturated carbocycles. The van der Waals surface area contributed by atoms with E-state index < -0.39 is 11.7 Å². The van der Waals surface area contributed by atoms with Gasteiger partial charge >= 0.3 is 0 Å². The number of morpholine rings is 1. The lowest BCUT2D eigenvalue weighted by Crippen LogP contribution is -2.46. The van der Waals surface area contributed by atoms with Gasteiger partial charge in [0.05, 0.1) is 18.8 Å². The average molecular weight is 412 g/mol. The van der Waals surface area contributed by atoms with E-state index in [-0.39, 0.29) is 18.5 Å². The van der Waals surface area contributed by atoms with Crippen LogP contribution < -0.4 is 0 Å². The van der Waals surface area contributed by atoms with Crippen LogP contribution in [0.3, 0.4) is 0 Å². The number of para-hydroxylation sites is 1. The van der Waals surface area contributed by atoms with Crippen molar-refractivity contribution in [3.8, 4) is 0 Å². The predicted octanol–water partition coefficient (Wildman–Crippen LogP) is 2.47. The van der Waals surface area contributed by atoms with Gasteiger partial charge in [-0.25, -0.2) is 0 Å². The number of fused-ring (bicyclic) bond motifs is 1. The molecule has 2 fully saturated rings. The van der Waals surface area contributed by atoms with Crippen molar-refractivity contribution < 1.29 is 19.1 Å². The minimum absolute atomic E-state index is 0.00791. The molecule has 1 aromatic heterocycles. The number of piperidine rings is 1. The van der Waals surface area contributed by atoms with Gasteiger partial charge in [0, 0.05) is 42.8 Å². The first-order valence-corrected chi connectivity index (χ1v) is 10.9. The van der Waals surface area contributed by atoms with Crippen LogP contribution in [0.2, 0.25) is 0 Å². The minimum Gasteiger partial charge on any atom is -0.378 e. The number of Topliss-reactive ketones (excluding diaryl/α,β-unsaturated/α-hetero) is 1. The monoisotopic (exact) mass is 411 g/mol. The number of amides is 2. The van der Waals surface area contributed by atoms with E-state index in [9.17, 15) is 14.4 Å². The molecule has 2 saturated heterocycles. The summed E-state index contributed by atoms with van der Waals surface area (Å²) in [7, 11) is 0. The zero-order chi connectivity index (χ0) is 21.1. The molecule has 0 N–H and O–H groups in total. The zero-order valence-corrected chi connectivity index (χ0v) is 17.5. The standard InChI is InChI=1S/C23H29N3O4/c1-2-17-7-5-6-10-26(17)23(29)22(28)19-15-25(20-9-4-3-8-18(19)20)16-21(27)24-11-13-30-14-12-24/h3-4,8-9,15,17H,2,5-7,10-14,16H2,1H3. The largest absolute Gasteiger partial charge is 0.378 e. The van der Waals surface area contributed by atoms with Gasteiger partial charge in [0.2, 0.25) is 5.91 Å². The molecule has 7 nitrogen and oxygen atoms in total. The van der Waals surface area contributed by atoms with Gasteiger partial charge in [-0.05, 0) is 31.7 Å². The topological polar surface area (TPSA) is 71.9 Å². The van der Waals surface area contributed by atoms with Gasteiger partial charge in [0.1, 0.15) is 6.54 Å². The molecule has 0 spiro atoms. The van der Waals surface area contributed by atoms with Crippen molar-refractivity contribution >= 4 is 28.5 Å². The molecule has 0 bridgehead atoms. The third-order valence-corrected chi connectivity index (χ3v) is 6.26. The summed E-state index contributed by atoms with van der Waals surface area (Å²) in [6, 6.07) is 7.60. The fraction of sp³-hybridized carbons (Fsp3) is 0.522. The summed E-state index contributed by atoms with van der Waals surface area (Å²) in [6.07, 6.45) is 5.51. The van der Waals surface area contributed by atoms with Crippen LogP contribution in [0.25, 0.3) is 10.9 Å². The fourth-order valence-electron chi connectivity index (χ4n) is 4.56. The highest BCUT2D eigenvalue weighted by atomic mass is 16.5. The van der Waals surface area contributed by atoms with E-state index in [0.29, 0.717) is 38.4 Å². The maximum Gasteiger partial charge on any atom is 0.295 e. The molecule has 1 aromatic carbocycles. The van der Waals surface area contributed by atoms with Crippen molar-refractivity contribution in [2.75, 3.05) is 32.8 Å². The highest BCUT2D eigenvalue weighted by Crippen LogP contribution is 2.25. The second kappa shape index (κ2) is 9.00. The highest BCUT2D eigenvalue weighted by molar-refractivity contribution is 6.45. The SMILES string of the molecule is CCC1CCCCN1C(=O)C(=O)c1cn(CC(=O)N2CCOCC2)c2ccccc12. The lowest BCUT2D eigenvalue weighted by molar-refractivity contribution is -0.135. The van der Waals surface area contributed by atoms with Crippen LogP contribution in [0, 0.1) is 0 Å². The van der Waals surface area contributed by atoms with Crippen molar-refractivity contribution in [2.24, 2.45) is 0 Å². The van der Waals surface area contributed by atoms with Crippen molar-refractivity contribution in [3.63, 3.8) is 0 Å². The summed E-state index contributed by atoms with van der Waals surface area (Å²) in [5.74, 6) is -0.917. The third kappa shape index (κ3) is 3.99. The second-order valence-electron chi connectivity index (χ2n) is 8.07. The summed E-state index contributed by atoms with van der Waals surface area (Å²) in [5.41, 5.74) is 1.17. The van der Waals surface area contributed by atoms with Gasteiger partial charge < -0.3 is 19.1 Å². The summed E-state index contributed by atoms with van der Waals surface area (Å²) in [4.78, 5) is 42.5. The molecule has 2 aliphatic heterocycles. The van der Waals surface area contributed by atoms with Gasteiger partial charge in [0.25, 0.3) is 11.7 Å². The Morgan fingerprint density at radius 3 is 2.60 bits per heavy atom. The van der Waals surface area contributed by atoms with Gasteiger partial charge in [-0.1, -0.05) is 25.1 Å². The Hall–Kier alpha value is -2.67. The summed E-state index contributed by atoms with van der Waals surface area (Å²) < 4.78 is 7.11. The highest BCUT2D eigenvalue weighted by Gasteiger charge is 2.32. The normalized spacial score (nSPS) is 19.8. The Labute approximate surface area is 176 Å². The number of carbonyl (C=O) groups is 3. The second-order valence-corrected chi connectivity index (χ2v) is 8.07. The summed E-state index contributed by atoms with van der Waals surface area (Å²) in [5, 5.41) is 0.718. The van der Waals surface area contributed by atoms with Gasteiger partial charge in [-0.15, -0.1) is 0 Å². The molecule has 1 atom stereocenters. The van der Waals surface area contributed by atoms with E-state index in [1.165, 1.54) is 0 Å². The number of hydrogen-bond donors (Lipinski definition) is 0. The van der Waals surface area contributed by atoms with E-state index in [1.807, 2.05) is 24.3 Å². The lowest BCUT2D eigenvalue weighted by atomic mass is 9.98. The van der Waals surface area contributed by atoms with Crippen LogP contribution in [-0.2, 0) is 20.9 Å². The minimum atomic E-state index is -0.482. The Balaban J connectivity index is 1.60. The van der Waals surface area contributed by atoms with Crippen molar-refractivity contribution in [3.05, 3.63) is 36.0 Å². The first-order valence-electron chi connectivity index (χ1n) is 10.9. The Bertz CT molecular complexity index is 945. The summed E-state index contributed by atoms with van der Waals surface area (Å²) in [6.45, 7) is 5.09. The molecule has 7 heteroatoms. The van der Waals surface area contributed by atoms with E-state index >= 15 is 0 Å². The third-order valence-electron chi connectivity index (χ3n) is 6.26. The number of benzene rings is 1.